The Kier molecular flexibility index (Phi) is 6.78. The van der Waals surface area contributed by atoms with Gasteiger partial charge in [0.25, 0.3) is 21.8 Å². The summed E-state index contributed by atoms with van der Waals surface area (Å²) in [5.74, 6) is -0.914. The van der Waals surface area contributed by atoms with Gasteiger partial charge in [0.1, 0.15) is 10.6 Å². The van der Waals surface area contributed by atoms with E-state index >= 15 is 0 Å². The van der Waals surface area contributed by atoms with Gasteiger partial charge in [-0.1, -0.05) is 41.9 Å². The smallest absolute Gasteiger partial charge is 0.269 e. The van der Waals surface area contributed by atoms with Crippen LogP contribution in [-0.2, 0) is 10.0 Å². The Morgan fingerprint density at radius 3 is 2.13 bits per heavy atom. The molecule has 0 spiro atoms. The molecule has 0 fully saturated rings. The van der Waals surface area contributed by atoms with E-state index < -0.39 is 21.8 Å². The lowest BCUT2D eigenvalue weighted by atomic mass is 10.2. The van der Waals surface area contributed by atoms with Crippen molar-refractivity contribution < 1.29 is 22.7 Å². The maximum absolute atomic E-state index is 12.9. The Morgan fingerprint density at radius 1 is 0.839 bits per heavy atom. The Morgan fingerprint density at radius 2 is 1.45 bits per heavy atom. The van der Waals surface area contributed by atoms with E-state index in [1.165, 1.54) is 25.3 Å². The summed E-state index contributed by atoms with van der Waals surface area (Å²) < 4.78 is 33.3. The summed E-state index contributed by atoms with van der Waals surface area (Å²) in [4.78, 5) is 24.2. The molecule has 0 heterocycles. The van der Waals surface area contributed by atoms with Crippen molar-refractivity contribution in [2.45, 2.75) is 4.90 Å². The number of ether oxygens (including phenoxy) is 1. The molecule has 0 bridgehead atoms. The fourth-order valence-electron chi connectivity index (χ4n) is 2.63. The molecule has 3 N–H and O–H groups in total. The zero-order chi connectivity index (χ0) is 22.4. The van der Waals surface area contributed by atoms with E-state index in [-0.39, 0.29) is 21.2 Å². The van der Waals surface area contributed by atoms with Crippen molar-refractivity contribution in [1.29, 1.82) is 0 Å². The summed E-state index contributed by atoms with van der Waals surface area (Å²) >= 11 is 6.08. The number of sulfonamides is 1. The van der Waals surface area contributed by atoms with Crippen LogP contribution in [0.4, 0.5) is 5.69 Å². The fourth-order valence-corrected chi connectivity index (χ4v) is 4.22. The van der Waals surface area contributed by atoms with Crippen molar-refractivity contribution in [3.05, 3.63) is 88.9 Å². The molecule has 31 heavy (non-hydrogen) atoms. The predicted octanol–water partition coefficient (Wildman–Crippen LogP) is 3.22. The number of anilines is 1. The highest BCUT2D eigenvalue weighted by atomic mass is 35.5. The molecule has 0 atom stereocenters. The minimum atomic E-state index is -4.14. The molecule has 0 aliphatic heterocycles. The van der Waals surface area contributed by atoms with Crippen LogP contribution in [0.3, 0.4) is 0 Å². The number of benzene rings is 3. The molecule has 0 radical (unpaired) electrons. The third kappa shape index (κ3) is 5.33. The largest absolute Gasteiger partial charge is 0.495 e. The van der Waals surface area contributed by atoms with Gasteiger partial charge in [0.05, 0.1) is 17.8 Å². The first-order valence-corrected chi connectivity index (χ1v) is 10.8. The zero-order valence-electron chi connectivity index (χ0n) is 16.3. The van der Waals surface area contributed by atoms with E-state index in [1.54, 1.807) is 48.5 Å². The quantitative estimate of drug-likeness (QED) is 0.490. The van der Waals surface area contributed by atoms with Crippen LogP contribution in [0.1, 0.15) is 20.7 Å². The minimum absolute atomic E-state index is 0.0156. The number of hydrogen-bond acceptors (Lipinski definition) is 5. The third-order valence-electron chi connectivity index (χ3n) is 4.16. The van der Waals surface area contributed by atoms with Gasteiger partial charge < -0.3 is 4.74 Å². The maximum Gasteiger partial charge on any atom is 0.269 e. The molecule has 3 aromatic carbocycles. The summed E-state index contributed by atoms with van der Waals surface area (Å²) in [6.45, 7) is 0. The lowest BCUT2D eigenvalue weighted by molar-refractivity contribution is 0.0846. The molecule has 0 aliphatic carbocycles. The molecular formula is C21H18ClN3O5S. The minimum Gasteiger partial charge on any atom is -0.495 e. The van der Waals surface area contributed by atoms with Crippen LogP contribution >= 0.6 is 11.6 Å². The second kappa shape index (κ2) is 9.50. The molecule has 0 saturated heterocycles. The standard InChI is InChI=1S/C21H18ClN3O5S/c1-30-18-10-6-5-9-17(18)25-31(28,29)19-13-15(11-12-16(19)22)21(27)24-23-20(26)14-7-3-2-4-8-14/h2-13,25H,1H3,(H,23,26)(H,24,27). The Bertz CT molecular complexity index is 1220. The number of hydrazine groups is 1. The van der Waals surface area contributed by atoms with E-state index in [0.717, 1.165) is 6.07 Å². The van der Waals surface area contributed by atoms with Gasteiger partial charge in [-0.25, -0.2) is 8.42 Å². The molecular weight excluding hydrogens is 442 g/mol. The lowest BCUT2D eigenvalue weighted by Crippen LogP contribution is -2.41. The van der Waals surface area contributed by atoms with Gasteiger partial charge in [0.2, 0.25) is 0 Å². The Hall–Kier alpha value is -3.56. The van der Waals surface area contributed by atoms with Crippen molar-refractivity contribution in [2.75, 3.05) is 11.8 Å². The van der Waals surface area contributed by atoms with Gasteiger partial charge in [-0.15, -0.1) is 0 Å². The molecule has 0 unspecified atom stereocenters. The van der Waals surface area contributed by atoms with Crippen LogP contribution in [0.2, 0.25) is 5.02 Å². The van der Waals surface area contributed by atoms with Crippen LogP contribution in [-0.4, -0.2) is 27.3 Å². The second-order valence-corrected chi connectivity index (χ2v) is 8.28. The topological polar surface area (TPSA) is 114 Å². The van der Waals surface area contributed by atoms with Gasteiger partial charge in [0.15, 0.2) is 0 Å². The first-order valence-electron chi connectivity index (χ1n) is 8.93. The Balaban J connectivity index is 1.79. The number of carbonyl (C=O) groups is 2. The van der Waals surface area contributed by atoms with Crippen molar-refractivity contribution in [3.8, 4) is 5.75 Å². The zero-order valence-corrected chi connectivity index (χ0v) is 17.8. The number of nitrogens with one attached hydrogen (secondary N) is 3. The molecule has 0 aromatic heterocycles. The molecule has 2 amide bonds. The number of carbonyl (C=O) groups excluding carboxylic acids is 2. The normalized spacial score (nSPS) is 10.8. The SMILES string of the molecule is COc1ccccc1NS(=O)(=O)c1cc(C(=O)NNC(=O)c2ccccc2)ccc1Cl. The summed E-state index contributed by atoms with van der Waals surface area (Å²) in [6, 6.07) is 18.5. The lowest BCUT2D eigenvalue weighted by Gasteiger charge is -2.13. The molecule has 0 saturated carbocycles. The summed E-state index contributed by atoms with van der Waals surface area (Å²) in [7, 11) is -2.72. The average molecular weight is 460 g/mol. The maximum atomic E-state index is 12.9. The molecule has 8 nitrogen and oxygen atoms in total. The number of halogens is 1. The van der Waals surface area contributed by atoms with E-state index in [0.29, 0.717) is 11.3 Å². The number of methoxy groups -OCH3 is 1. The second-order valence-electron chi connectivity index (χ2n) is 6.23. The van der Waals surface area contributed by atoms with E-state index in [2.05, 4.69) is 15.6 Å². The number of amides is 2. The number of para-hydroxylation sites is 2. The van der Waals surface area contributed by atoms with Crippen LogP contribution < -0.4 is 20.3 Å². The highest BCUT2D eigenvalue weighted by molar-refractivity contribution is 7.92. The molecule has 3 rings (SSSR count). The molecule has 10 heteroatoms. The fraction of sp³-hybridized carbons (Fsp3) is 0.0476. The summed E-state index contributed by atoms with van der Waals surface area (Å²) in [5.41, 5.74) is 5.07. The summed E-state index contributed by atoms with van der Waals surface area (Å²) in [5, 5.41) is -0.0766. The van der Waals surface area contributed by atoms with Crippen LogP contribution in [0.15, 0.2) is 77.7 Å². The van der Waals surface area contributed by atoms with Crippen molar-refractivity contribution in [2.24, 2.45) is 0 Å². The van der Waals surface area contributed by atoms with Gasteiger partial charge in [-0.05, 0) is 42.5 Å². The first-order chi connectivity index (χ1) is 14.8. The van der Waals surface area contributed by atoms with Gasteiger partial charge in [-0.3, -0.25) is 25.2 Å². The highest BCUT2D eigenvalue weighted by Crippen LogP contribution is 2.29. The van der Waals surface area contributed by atoms with Gasteiger partial charge in [0, 0.05) is 11.1 Å². The van der Waals surface area contributed by atoms with E-state index in [1.807, 2.05) is 0 Å². The predicted molar refractivity (Wildman–Crippen MR) is 117 cm³/mol. The first kappa shape index (κ1) is 22.1. The van der Waals surface area contributed by atoms with E-state index in [4.69, 9.17) is 16.3 Å². The monoisotopic (exact) mass is 459 g/mol. The Labute approximate surface area is 184 Å². The van der Waals surface area contributed by atoms with Crippen LogP contribution in [0.5, 0.6) is 5.75 Å². The van der Waals surface area contributed by atoms with Crippen molar-refractivity contribution in [3.63, 3.8) is 0 Å². The highest BCUT2D eigenvalue weighted by Gasteiger charge is 2.22. The van der Waals surface area contributed by atoms with Gasteiger partial charge in [-0.2, -0.15) is 0 Å². The van der Waals surface area contributed by atoms with Crippen LogP contribution in [0.25, 0.3) is 0 Å². The number of rotatable bonds is 6. The molecule has 3 aromatic rings. The summed E-state index contributed by atoms with van der Waals surface area (Å²) in [6.07, 6.45) is 0. The molecule has 0 aliphatic rings. The number of hydrogen-bond donors (Lipinski definition) is 3. The third-order valence-corrected chi connectivity index (χ3v) is 6.01. The van der Waals surface area contributed by atoms with Crippen molar-refractivity contribution >= 4 is 39.1 Å². The van der Waals surface area contributed by atoms with Crippen LogP contribution in [0, 0.1) is 0 Å². The van der Waals surface area contributed by atoms with Gasteiger partial charge >= 0.3 is 0 Å². The van der Waals surface area contributed by atoms with Crippen molar-refractivity contribution in [1.82, 2.24) is 10.9 Å². The molecule has 160 valence electrons. The average Bonchev–Trinajstić information content (AvgIpc) is 2.78. The van der Waals surface area contributed by atoms with E-state index in [9.17, 15) is 18.0 Å².